The Bertz CT molecular complexity index is 789. The van der Waals surface area contributed by atoms with Crippen LogP contribution in [0.25, 0.3) is 0 Å². The van der Waals surface area contributed by atoms with Gasteiger partial charge in [-0.1, -0.05) is 18.2 Å². The summed E-state index contributed by atoms with van der Waals surface area (Å²) >= 11 is 0. The third kappa shape index (κ3) is 4.77. The average Bonchev–Trinajstić information content (AvgIpc) is 2.69. The molecule has 5 nitrogen and oxygen atoms in total. The number of amides is 1. The Kier molecular flexibility index (Phi) is 6.29. The second kappa shape index (κ2) is 8.86. The van der Waals surface area contributed by atoms with Gasteiger partial charge in [-0.25, -0.2) is 4.39 Å². The van der Waals surface area contributed by atoms with E-state index in [0.717, 1.165) is 30.0 Å². The first-order valence-electron chi connectivity index (χ1n) is 9.16. The van der Waals surface area contributed by atoms with E-state index >= 15 is 0 Å². The fraction of sp³-hybridized carbons (Fsp3) is 0.381. The summed E-state index contributed by atoms with van der Waals surface area (Å²) in [5.41, 5.74) is 1.77. The number of rotatable bonds is 6. The van der Waals surface area contributed by atoms with Crippen molar-refractivity contribution in [3.63, 3.8) is 0 Å². The van der Waals surface area contributed by atoms with Crippen LogP contribution in [0.5, 0.6) is 11.5 Å². The Balaban J connectivity index is 1.56. The van der Waals surface area contributed by atoms with E-state index in [-0.39, 0.29) is 11.7 Å². The Hall–Kier alpha value is -2.60. The van der Waals surface area contributed by atoms with Crippen molar-refractivity contribution in [2.45, 2.75) is 13.0 Å². The zero-order valence-corrected chi connectivity index (χ0v) is 15.8. The highest BCUT2D eigenvalue weighted by Crippen LogP contribution is 2.19. The lowest BCUT2D eigenvalue weighted by Crippen LogP contribution is -3.13. The van der Waals surface area contributed by atoms with E-state index in [1.54, 1.807) is 20.3 Å². The van der Waals surface area contributed by atoms with Crippen molar-refractivity contribution in [1.82, 2.24) is 4.90 Å². The van der Waals surface area contributed by atoms with Crippen LogP contribution in [0.1, 0.15) is 11.1 Å². The van der Waals surface area contributed by atoms with Crippen LogP contribution in [-0.4, -0.2) is 51.2 Å². The van der Waals surface area contributed by atoms with E-state index in [4.69, 9.17) is 9.47 Å². The highest BCUT2D eigenvalue weighted by molar-refractivity contribution is 5.79. The summed E-state index contributed by atoms with van der Waals surface area (Å²) in [5.74, 6) is 1.31. The van der Waals surface area contributed by atoms with Gasteiger partial charge < -0.3 is 19.3 Å². The van der Waals surface area contributed by atoms with Gasteiger partial charge in [-0.05, 0) is 24.3 Å². The molecule has 2 aromatic rings. The third-order valence-corrected chi connectivity index (χ3v) is 5.04. The van der Waals surface area contributed by atoms with Gasteiger partial charge in [0.1, 0.15) is 23.9 Å². The van der Waals surface area contributed by atoms with Crippen molar-refractivity contribution in [3.8, 4) is 11.5 Å². The van der Waals surface area contributed by atoms with Crippen LogP contribution >= 0.6 is 0 Å². The monoisotopic (exact) mass is 373 g/mol. The topological polar surface area (TPSA) is 43.2 Å². The highest BCUT2D eigenvalue weighted by atomic mass is 19.1. The van der Waals surface area contributed by atoms with Crippen molar-refractivity contribution >= 4 is 5.91 Å². The predicted molar refractivity (Wildman–Crippen MR) is 101 cm³/mol. The lowest BCUT2D eigenvalue weighted by molar-refractivity contribution is -0.917. The Morgan fingerprint density at radius 2 is 1.70 bits per heavy atom. The molecule has 0 atom stereocenters. The minimum Gasteiger partial charge on any atom is -0.496 e. The maximum Gasteiger partial charge on any atom is 0.227 e. The fourth-order valence-electron chi connectivity index (χ4n) is 3.53. The Morgan fingerprint density at radius 3 is 2.41 bits per heavy atom. The van der Waals surface area contributed by atoms with Crippen molar-refractivity contribution in [2.24, 2.45) is 0 Å². The van der Waals surface area contributed by atoms with Crippen LogP contribution < -0.4 is 14.4 Å². The molecule has 27 heavy (non-hydrogen) atoms. The molecule has 0 unspecified atom stereocenters. The summed E-state index contributed by atoms with van der Waals surface area (Å²) in [6.07, 6.45) is 0.344. The normalized spacial score (nSPS) is 14.9. The standard InChI is InChI=1S/C21H25FN2O3/c1-26-19-6-4-3-5-16(19)14-21(25)24-11-9-23(10-12-24)15-17-13-18(22)7-8-20(17)27-2/h3-8,13H,9-12,14-15H2,1-2H3/p+1. The van der Waals surface area contributed by atoms with E-state index in [2.05, 4.69) is 0 Å². The van der Waals surface area contributed by atoms with Gasteiger partial charge in [0.15, 0.2) is 0 Å². The largest absolute Gasteiger partial charge is 0.496 e. The number of methoxy groups -OCH3 is 2. The van der Waals surface area contributed by atoms with E-state index in [1.807, 2.05) is 29.2 Å². The molecule has 1 saturated heterocycles. The minimum atomic E-state index is -0.254. The molecule has 0 spiro atoms. The molecule has 1 fully saturated rings. The van der Waals surface area contributed by atoms with Gasteiger partial charge in [0.2, 0.25) is 5.91 Å². The molecule has 0 aliphatic carbocycles. The van der Waals surface area contributed by atoms with E-state index in [1.165, 1.54) is 17.0 Å². The predicted octanol–water partition coefficient (Wildman–Crippen LogP) is 1.31. The Labute approximate surface area is 159 Å². The number of hydrogen-bond acceptors (Lipinski definition) is 3. The van der Waals surface area contributed by atoms with Crippen molar-refractivity contribution < 1.29 is 23.6 Å². The summed E-state index contributed by atoms with van der Waals surface area (Å²) in [4.78, 5) is 15.9. The molecule has 0 radical (unpaired) electrons. The molecule has 1 heterocycles. The lowest BCUT2D eigenvalue weighted by atomic mass is 10.1. The first kappa shape index (κ1) is 19.2. The third-order valence-electron chi connectivity index (χ3n) is 5.04. The molecular weight excluding hydrogens is 347 g/mol. The molecule has 2 aromatic carbocycles. The Morgan fingerprint density at radius 1 is 1.04 bits per heavy atom. The number of nitrogens with zero attached hydrogens (tertiary/aromatic N) is 1. The van der Waals surface area contributed by atoms with Crippen LogP contribution in [0.15, 0.2) is 42.5 Å². The van der Waals surface area contributed by atoms with Crippen LogP contribution in [0.2, 0.25) is 0 Å². The molecule has 6 heteroatoms. The molecule has 1 amide bonds. The lowest BCUT2D eigenvalue weighted by Gasteiger charge is -2.32. The highest BCUT2D eigenvalue weighted by Gasteiger charge is 2.25. The van der Waals surface area contributed by atoms with Crippen molar-refractivity contribution in [1.29, 1.82) is 0 Å². The summed E-state index contributed by atoms with van der Waals surface area (Å²) < 4.78 is 24.2. The van der Waals surface area contributed by atoms with Gasteiger partial charge in [0.05, 0.1) is 52.4 Å². The average molecular weight is 373 g/mol. The van der Waals surface area contributed by atoms with Gasteiger partial charge >= 0.3 is 0 Å². The van der Waals surface area contributed by atoms with Crippen LogP contribution in [0.3, 0.4) is 0 Å². The summed E-state index contributed by atoms with van der Waals surface area (Å²) in [5, 5.41) is 0. The van der Waals surface area contributed by atoms with Crippen molar-refractivity contribution in [2.75, 3.05) is 40.4 Å². The first-order valence-corrected chi connectivity index (χ1v) is 9.16. The number of quaternary nitrogens is 1. The van der Waals surface area contributed by atoms with Crippen molar-refractivity contribution in [3.05, 3.63) is 59.4 Å². The van der Waals surface area contributed by atoms with Gasteiger partial charge in [0, 0.05) is 5.56 Å². The molecule has 0 bridgehead atoms. The number of halogens is 1. The fourth-order valence-corrected chi connectivity index (χ4v) is 3.53. The maximum atomic E-state index is 13.5. The van der Waals surface area contributed by atoms with Crippen LogP contribution in [-0.2, 0) is 17.8 Å². The number of carbonyl (C=O) groups is 1. The van der Waals surface area contributed by atoms with E-state index < -0.39 is 0 Å². The number of carbonyl (C=O) groups excluding carboxylic acids is 1. The molecular formula is C21H26FN2O3+. The van der Waals surface area contributed by atoms with Gasteiger partial charge in [0.25, 0.3) is 0 Å². The number of piperazine rings is 1. The van der Waals surface area contributed by atoms with Gasteiger partial charge in [-0.3, -0.25) is 4.79 Å². The zero-order valence-electron chi connectivity index (χ0n) is 15.8. The smallest absolute Gasteiger partial charge is 0.227 e. The zero-order chi connectivity index (χ0) is 19.2. The second-order valence-corrected chi connectivity index (χ2v) is 6.75. The number of benzene rings is 2. The van der Waals surface area contributed by atoms with E-state index in [9.17, 15) is 9.18 Å². The molecule has 144 valence electrons. The number of hydrogen-bond donors (Lipinski definition) is 1. The summed E-state index contributed by atoms with van der Waals surface area (Å²) in [6.45, 7) is 3.74. The minimum absolute atomic E-state index is 0.113. The molecule has 1 aliphatic heterocycles. The van der Waals surface area contributed by atoms with Crippen LogP contribution in [0.4, 0.5) is 4.39 Å². The van der Waals surface area contributed by atoms with E-state index in [0.29, 0.717) is 31.8 Å². The first-order chi connectivity index (χ1) is 13.1. The summed E-state index contributed by atoms with van der Waals surface area (Å²) in [7, 11) is 3.21. The molecule has 3 rings (SSSR count). The number of para-hydroxylation sites is 1. The summed E-state index contributed by atoms with van der Waals surface area (Å²) in [6, 6.07) is 12.2. The molecule has 0 aromatic heterocycles. The number of ether oxygens (including phenoxy) is 2. The van der Waals surface area contributed by atoms with Gasteiger partial charge in [-0.15, -0.1) is 0 Å². The molecule has 1 N–H and O–H groups in total. The van der Waals surface area contributed by atoms with Gasteiger partial charge in [-0.2, -0.15) is 0 Å². The number of nitrogens with one attached hydrogen (secondary N) is 1. The quantitative estimate of drug-likeness (QED) is 0.831. The SMILES string of the molecule is COc1ccccc1CC(=O)N1CC[NH+](Cc2cc(F)ccc2OC)CC1. The molecule has 0 saturated carbocycles. The molecule has 1 aliphatic rings. The van der Waals surface area contributed by atoms with Crippen LogP contribution in [0, 0.1) is 5.82 Å². The maximum absolute atomic E-state index is 13.5. The second-order valence-electron chi connectivity index (χ2n) is 6.75.